The number of hydrogen-bond acceptors (Lipinski definition) is 2. The molecule has 1 aliphatic rings. The maximum atomic E-state index is 13.2. The van der Waals surface area contributed by atoms with Crippen molar-refractivity contribution >= 4 is 0 Å². The van der Waals surface area contributed by atoms with Gasteiger partial charge < -0.3 is 10.1 Å². The topological polar surface area (TPSA) is 21.3 Å². The monoisotopic (exact) mass is 251 g/mol. The molecule has 1 aromatic carbocycles. The van der Waals surface area contributed by atoms with E-state index in [2.05, 4.69) is 12.2 Å². The number of halogens is 1. The zero-order chi connectivity index (χ0) is 13.0. The van der Waals surface area contributed by atoms with Crippen molar-refractivity contribution in [3.63, 3.8) is 0 Å². The van der Waals surface area contributed by atoms with Gasteiger partial charge in [0.1, 0.15) is 11.6 Å². The Hall–Kier alpha value is -1.09. The van der Waals surface area contributed by atoms with Gasteiger partial charge in [0, 0.05) is 12.1 Å². The number of benzene rings is 1. The molecule has 2 rings (SSSR count). The first-order valence-corrected chi connectivity index (χ1v) is 6.78. The Morgan fingerprint density at radius 1 is 1.39 bits per heavy atom. The number of ether oxygens (including phenoxy) is 1. The van der Waals surface area contributed by atoms with Crippen LogP contribution < -0.4 is 10.1 Å². The average molecular weight is 251 g/mol. The van der Waals surface area contributed by atoms with Gasteiger partial charge in [-0.3, -0.25) is 0 Å². The highest BCUT2D eigenvalue weighted by Crippen LogP contribution is 2.29. The summed E-state index contributed by atoms with van der Waals surface area (Å²) >= 11 is 0. The van der Waals surface area contributed by atoms with E-state index in [-0.39, 0.29) is 11.9 Å². The highest BCUT2D eigenvalue weighted by molar-refractivity contribution is 5.34. The van der Waals surface area contributed by atoms with E-state index in [1.54, 1.807) is 12.1 Å². The largest absolute Gasteiger partial charge is 0.490 e. The van der Waals surface area contributed by atoms with E-state index in [0.717, 1.165) is 30.1 Å². The molecular formula is C15H22FNO. The van der Waals surface area contributed by atoms with Crippen molar-refractivity contribution in [1.82, 2.24) is 5.32 Å². The maximum Gasteiger partial charge on any atom is 0.124 e. The van der Waals surface area contributed by atoms with Crippen LogP contribution in [-0.2, 0) is 6.54 Å². The minimum absolute atomic E-state index is 0.204. The van der Waals surface area contributed by atoms with Crippen molar-refractivity contribution < 1.29 is 9.13 Å². The van der Waals surface area contributed by atoms with Crippen molar-refractivity contribution in [2.75, 3.05) is 7.05 Å². The Bertz CT molecular complexity index is 394. The fourth-order valence-electron chi connectivity index (χ4n) is 2.66. The van der Waals surface area contributed by atoms with Gasteiger partial charge in [-0.05, 0) is 50.4 Å². The molecule has 0 bridgehead atoms. The van der Waals surface area contributed by atoms with E-state index in [9.17, 15) is 4.39 Å². The molecular weight excluding hydrogens is 229 g/mol. The third kappa shape index (κ3) is 3.45. The summed E-state index contributed by atoms with van der Waals surface area (Å²) in [7, 11) is 1.86. The predicted octanol–water partition coefficient (Wildman–Crippen LogP) is 3.50. The molecule has 1 aliphatic carbocycles. The molecule has 1 saturated carbocycles. The number of rotatable bonds is 4. The van der Waals surface area contributed by atoms with Gasteiger partial charge in [-0.15, -0.1) is 0 Å². The second kappa shape index (κ2) is 6.19. The Labute approximate surface area is 109 Å². The molecule has 100 valence electrons. The van der Waals surface area contributed by atoms with Crippen molar-refractivity contribution in [2.24, 2.45) is 5.92 Å². The van der Waals surface area contributed by atoms with Gasteiger partial charge in [0.15, 0.2) is 0 Å². The predicted molar refractivity (Wildman–Crippen MR) is 71.2 cm³/mol. The van der Waals surface area contributed by atoms with E-state index >= 15 is 0 Å². The lowest BCUT2D eigenvalue weighted by Gasteiger charge is -2.28. The van der Waals surface area contributed by atoms with E-state index in [4.69, 9.17) is 4.74 Å². The summed E-state index contributed by atoms with van der Waals surface area (Å²) in [5, 5.41) is 3.05. The van der Waals surface area contributed by atoms with Crippen molar-refractivity contribution in [1.29, 1.82) is 0 Å². The summed E-state index contributed by atoms with van der Waals surface area (Å²) < 4.78 is 19.3. The molecule has 0 spiro atoms. The molecule has 1 aromatic rings. The highest BCUT2D eigenvalue weighted by Gasteiger charge is 2.21. The quantitative estimate of drug-likeness (QED) is 0.884. The molecule has 3 heteroatoms. The molecule has 0 aromatic heterocycles. The molecule has 1 N–H and O–H groups in total. The van der Waals surface area contributed by atoms with Gasteiger partial charge in [0.25, 0.3) is 0 Å². The number of nitrogens with one attached hydrogen (secondary N) is 1. The standard InChI is InChI=1S/C15H22FNO/c1-11-4-3-5-14(8-11)18-15-7-6-13(16)9-12(15)10-17-2/h6-7,9,11,14,17H,3-5,8,10H2,1-2H3. The van der Waals surface area contributed by atoms with Crippen LogP contribution >= 0.6 is 0 Å². The highest BCUT2D eigenvalue weighted by atomic mass is 19.1. The van der Waals surface area contributed by atoms with Crippen LogP contribution in [-0.4, -0.2) is 13.2 Å². The molecule has 0 heterocycles. The van der Waals surface area contributed by atoms with Crippen LogP contribution in [0.25, 0.3) is 0 Å². The summed E-state index contributed by atoms with van der Waals surface area (Å²) in [5.74, 6) is 1.35. The van der Waals surface area contributed by atoms with Crippen LogP contribution in [0.4, 0.5) is 4.39 Å². The zero-order valence-corrected chi connectivity index (χ0v) is 11.2. The lowest BCUT2D eigenvalue weighted by Crippen LogP contribution is -2.24. The molecule has 0 amide bonds. The number of hydrogen-bond donors (Lipinski definition) is 1. The first-order valence-electron chi connectivity index (χ1n) is 6.78. The summed E-state index contributed by atoms with van der Waals surface area (Å²) in [6.07, 6.45) is 5.04. The van der Waals surface area contributed by atoms with Gasteiger partial charge in [-0.25, -0.2) is 4.39 Å². The molecule has 0 aliphatic heterocycles. The Morgan fingerprint density at radius 2 is 2.22 bits per heavy atom. The lowest BCUT2D eigenvalue weighted by atomic mass is 9.88. The van der Waals surface area contributed by atoms with Gasteiger partial charge in [-0.1, -0.05) is 13.3 Å². The van der Waals surface area contributed by atoms with Gasteiger partial charge in [-0.2, -0.15) is 0 Å². The van der Waals surface area contributed by atoms with E-state index in [0.29, 0.717) is 6.54 Å². The van der Waals surface area contributed by atoms with Crippen LogP contribution in [0.15, 0.2) is 18.2 Å². The Balaban J connectivity index is 2.07. The smallest absolute Gasteiger partial charge is 0.124 e. The van der Waals surface area contributed by atoms with Gasteiger partial charge in [0.05, 0.1) is 6.10 Å². The normalized spacial score (nSPS) is 23.9. The van der Waals surface area contributed by atoms with Crippen LogP contribution in [0.5, 0.6) is 5.75 Å². The minimum atomic E-state index is -0.204. The molecule has 0 saturated heterocycles. The average Bonchev–Trinajstić information content (AvgIpc) is 2.33. The molecule has 0 radical (unpaired) electrons. The summed E-state index contributed by atoms with van der Waals surface area (Å²) in [6.45, 7) is 2.91. The van der Waals surface area contributed by atoms with Crippen LogP contribution in [0.3, 0.4) is 0 Å². The van der Waals surface area contributed by atoms with Crippen LogP contribution in [0.2, 0.25) is 0 Å². The first-order chi connectivity index (χ1) is 8.69. The van der Waals surface area contributed by atoms with E-state index in [1.165, 1.54) is 18.9 Å². The molecule has 2 unspecified atom stereocenters. The first kappa shape index (κ1) is 13.3. The lowest BCUT2D eigenvalue weighted by molar-refractivity contribution is 0.128. The van der Waals surface area contributed by atoms with Gasteiger partial charge >= 0.3 is 0 Å². The van der Waals surface area contributed by atoms with Gasteiger partial charge in [0.2, 0.25) is 0 Å². The van der Waals surface area contributed by atoms with Crippen molar-refractivity contribution in [3.05, 3.63) is 29.6 Å². The maximum absolute atomic E-state index is 13.2. The SMILES string of the molecule is CNCc1cc(F)ccc1OC1CCCC(C)C1. The van der Waals surface area contributed by atoms with E-state index in [1.807, 2.05) is 7.05 Å². The van der Waals surface area contributed by atoms with Crippen molar-refractivity contribution in [3.8, 4) is 5.75 Å². The van der Waals surface area contributed by atoms with Crippen LogP contribution in [0, 0.1) is 11.7 Å². The minimum Gasteiger partial charge on any atom is -0.490 e. The third-order valence-corrected chi connectivity index (χ3v) is 3.57. The zero-order valence-electron chi connectivity index (χ0n) is 11.2. The summed E-state index contributed by atoms with van der Waals surface area (Å²) in [4.78, 5) is 0. The molecule has 1 fully saturated rings. The van der Waals surface area contributed by atoms with Crippen LogP contribution in [0.1, 0.15) is 38.2 Å². The second-order valence-electron chi connectivity index (χ2n) is 5.29. The summed E-state index contributed by atoms with van der Waals surface area (Å²) in [6, 6.07) is 4.78. The van der Waals surface area contributed by atoms with Crippen molar-refractivity contribution in [2.45, 2.75) is 45.3 Å². The Morgan fingerprint density at radius 3 is 2.94 bits per heavy atom. The Kier molecular flexibility index (Phi) is 4.59. The third-order valence-electron chi connectivity index (χ3n) is 3.57. The second-order valence-corrected chi connectivity index (χ2v) is 5.29. The fraction of sp³-hybridized carbons (Fsp3) is 0.600. The van der Waals surface area contributed by atoms with E-state index < -0.39 is 0 Å². The molecule has 18 heavy (non-hydrogen) atoms. The molecule has 2 nitrogen and oxygen atoms in total. The molecule has 2 atom stereocenters. The fourth-order valence-corrected chi connectivity index (χ4v) is 2.66. The summed E-state index contributed by atoms with van der Waals surface area (Å²) in [5.41, 5.74) is 0.899.